The zero-order valence-electron chi connectivity index (χ0n) is 15.9. The number of anilines is 1. The number of rotatable bonds is 9. The molecule has 0 aromatic heterocycles. The van der Waals surface area contributed by atoms with Gasteiger partial charge in [-0.1, -0.05) is 29.8 Å². The van der Waals surface area contributed by atoms with E-state index in [1.165, 1.54) is 0 Å². The summed E-state index contributed by atoms with van der Waals surface area (Å²) in [5.74, 6) is -0.0115. The van der Waals surface area contributed by atoms with Crippen molar-refractivity contribution >= 4 is 23.2 Å². The van der Waals surface area contributed by atoms with Crippen molar-refractivity contribution in [1.82, 2.24) is 5.01 Å². The normalized spacial score (nSPS) is 10.8. The average Bonchev–Trinajstić information content (AvgIpc) is 2.68. The molecule has 0 saturated carbocycles. The first-order valence-corrected chi connectivity index (χ1v) is 9.64. The molecule has 1 N–H and O–H groups in total. The molecule has 2 rings (SSSR count). The fraction of sp³-hybridized carbons (Fsp3) is 0.381. The van der Waals surface area contributed by atoms with Crippen molar-refractivity contribution in [3.05, 3.63) is 65.2 Å². The fourth-order valence-electron chi connectivity index (χ4n) is 2.99. The summed E-state index contributed by atoms with van der Waals surface area (Å²) in [5.41, 5.74) is 1.64. The first-order chi connectivity index (χ1) is 12.6. The molecule has 1 amide bonds. The first-order valence-electron chi connectivity index (χ1n) is 9.26. The quantitative estimate of drug-likeness (QED) is 0.683. The number of amides is 1. The van der Waals surface area contributed by atoms with Gasteiger partial charge >= 0.3 is 0 Å². The van der Waals surface area contributed by atoms with Crippen molar-refractivity contribution in [2.24, 2.45) is 0 Å². The van der Waals surface area contributed by atoms with E-state index in [0.717, 1.165) is 31.7 Å². The highest BCUT2D eigenvalue weighted by atomic mass is 35.5. The number of halogens is 1. The highest BCUT2D eigenvalue weighted by Gasteiger charge is 2.21. The van der Waals surface area contributed by atoms with Crippen LogP contribution in [0.25, 0.3) is 0 Å². The Morgan fingerprint density at radius 2 is 1.62 bits per heavy atom. The highest BCUT2D eigenvalue weighted by Crippen LogP contribution is 2.18. The third-order valence-electron chi connectivity index (χ3n) is 4.72. The van der Waals surface area contributed by atoms with E-state index in [9.17, 15) is 4.79 Å². The molecule has 0 fully saturated rings. The summed E-state index contributed by atoms with van der Waals surface area (Å²) < 4.78 is 0. The Morgan fingerprint density at radius 3 is 2.19 bits per heavy atom. The maximum Gasteiger partial charge on any atom is 0.272 e. The Hall–Kier alpha value is -2.04. The summed E-state index contributed by atoms with van der Waals surface area (Å²) in [6, 6.07) is 17.1. The molecule has 26 heavy (non-hydrogen) atoms. The molecule has 140 valence electrons. The summed E-state index contributed by atoms with van der Waals surface area (Å²) in [4.78, 5) is 14.7. The molecule has 0 aliphatic heterocycles. The van der Waals surface area contributed by atoms with Crippen molar-refractivity contribution in [3.8, 4) is 0 Å². The van der Waals surface area contributed by atoms with Gasteiger partial charge in [0.1, 0.15) is 0 Å². The van der Waals surface area contributed by atoms with Crippen LogP contribution in [0.1, 0.15) is 30.6 Å². The van der Waals surface area contributed by atoms with Gasteiger partial charge in [-0.2, -0.15) is 0 Å². The van der Waals surface area contributed by atoms with Crippen LogP contribution in [0.15, 0.2) is 54.6 Å². The maximum absolute atomic E-state index is 13.1. The van der Waals surface area contributed by atoms with Crippen molar-refractivity contribution in [2.75, 3.05) is 38.2 Å². The topological polar surface area (TPSA) is 28.0 Å². The lowest BCUT2D eigenvalue weighted by molar-refractivity contribution is -0.896. The van der Waals surface area contributed by atoms with Crippen LogP contribution >= 0.6 is 11.6 Å². The van der Waals surface area contributed by atoms with Gasteiger partial charge in [0.2, 0.25) is 0 Å². The van der Waals surface area contributed by atoms with E-state index in [-0.39, 0.29) is 5.91 Å². The van der Waals surface area contributed by atoms with E-state index < -0.39 is 0 Å². The maximum atomic E-state index is 13.1. The van der Waals surface area contributed by atoms with Crippen LogP contribution in [0.3, 0.4) is 0 Å². The van der Waals surface area contributed by atoms with Crippen molar-refractivity contribution in [3.63, 3.8) is 0 Å². The Balaban J connectivity index is 2.17. The van der Waals surface area contributed by atoms with Crippen LogP contribution in [-0.4, -0.2) is 44.1 Å². The second-order valence-corrected chi connectivity index (χ2v) is 6.79. The molecule has 0 heterocycles. The molecular weight excluding hydrogens is 346 g/mol. The average molecular weight is 375 g/mol. The lowest BCUT2D eigenvalue weighted by atomic mass is 10.2. The molecule has 0 aliphatic carbocycles. The van der Waals surface area contributed by atoms with Crippen molar-refractivity contribution < 1.29 is 9.69 Å². The summed E-state index contributed by atoms with van der Waals surface area (Å²) in [6.45, 7) is 8.35. The Morgan fingerprint density at radius 1 is 1.00 bits per heavy atom. The summed E-state index contributed by atoms with van der Waals surface area (Å²) in [7, 11) is 1.94. The number of quaternary nitrogens is 1. The van der Waals surface area contributed by atoms with Gasteiger partial charge in [-0.25, -0.2) is 5.01 Å². The highest BCUT2D eigenvalue weighted by molar-refractivity contribution is 6.30. The molecule has 0 bridgehead atoms. The number of hydrazine groups is 1. The lowest BCUT2D eigenvalue weighted by Gasteiger charge is -2.34. The fourth-order valence-corrected chi connectivity index (χ4v) is 3.12. The Kier molecular flexibility index (Phi) is 7.95. The first kappa shape index (κ1) is 20.3. The largest absolute Gasteiger partial charge is 0.335 e. The number of hydrogen-bond acceptors (Lipinski definition) is 2. The molecular formula is C21H29ClN3O+. The van der Waals surface area contributed by atoms with Crippen molar-refractivity contribution in [1.29, 1.82) is 0 Å². The second kappa shape index (κ2) is 10.2. The molecule has 2 aromatic carbocycles. The van der Waals surface area contributed by atoms with E-state index >= 15 is 0 Å². The summed E-state index contributed by atoms with van der Waals surface area (Å²) in [6.07, 6.45) is 0.952. The van der Waals surface area contributed by atoms with Gasteiger partial charge < -0.3 is 4.90 Å². The Labute approximate surface area is 161 Å². The van der Waals surface area contributed by atoms with Gasteiger partial charge in [0.05, 0.1) is 25.3 Å². The standard InChI is InChI=1S/C21H28ClN3O/c1-4-24(5-2)16-9-17-25(23(3)20-10-7-6-8-11-20)21(26)18-12-14-19(22)15-13-18/h6-8,10-15H,4-5,9,16-17H2,1-3H3/p+1. The van der Waals surface area contributed by atoms with Crippen molar-refractivity contribution in [2.45, 2.75) is 20.3 Å². The van der Waals surface area contributed by atoms with Gasteiger partial charge in [0.15, 0.2) is 0 Å². The van der Waals surface area contributed by atoms with E-state index in [2.05, 4.69) is 13.8 Å². The predicted molar refractivity (Wildman–Crippen MR) is 109 cm³/mol. The van der Waals surface area contributed by atoms with Gasteiger partial charge in [0.25, 0.3) is 5.91 Å². The monoisotopic (exact) mass is 374 g/mol. The third kappa shape index (κ3) is 5.48. The number of benzene rings is 2. The molecule has 0 saturated heterocycles. The minimum atomic E-state index is -0.0115. The number of hydrogen-bond donors (Lipinski definition) is 1. The summed E-state index contributed by atoms with van der Waals surface area (Å²) >= 11 is 5.97. The van der Waals surface area contributed by atoms with Gasteiger partial charge in [-0.15, -0.1) is 0 Å². The number of carbonyl (C=O) groups excluding carboxylic acids is 1. The Bertz CT molecular complexity index is 671. The third-order valence-corrected chi connectivity index (χ3v) is 4.97. The molecule has 0 atom stereocenters. The minimum absolute atomic E-state index is 0.0115. The number of para-hydroxylation sites is 1. The zero-order valence-corrected chi connectivity index (χ0v) is 16.7. The second-order valence-electron chi connectivity index (χ2n) is 6.36. The number of nitrogens with zero attached hydrogens (tertiary/aromatic N) is 2. The van der Waals surface area contributed by atoms with E-state index in [1.54, 1.807) is 29.2 Å². The van der Waals surface area contributed by atoms with Crippen LogP contribution in [0.2, 0.25) is 5.02 Å². The molecule has 4 nitrogen and oxygen atoms in total. The molecule has 2 aromatic rings. The minimum Gasteiger partial charge on any atom is -0.335 e. The molecule has 5 heteroatoms. The van der Waals surface area contributed by atoms with E-state index in [4.69, 9.17) is 11.6 Å². The van der Waals surface area contributed by atoms with Crippen LogP contribution in [0.4, 0.5) is 5.69 Å². The predicted octanol–water partition coefficient (Wildman–Crippen LogP) is 3.15. The van der Waals surface area contributed by atoms with Gasteiger partial charge in [-0.3, -0.25) is 9.80 Å². The lowest BCUT2D eigenvalue weighted by Crippen LogP contribution is -3.11. The number of carbonyl (C=O) groups is 1. The van der Waals surface area contributed by atoms with Crippen LogP contribution in [-0.2, 0) is 0 Å². The zero-order chi connectivity index (χ0) is 18.9. The summed E-state index contributed by atoms with van der Waals surface area (Å²) in [5, 5.41) is 4.39. The SMILES string of the molecule is CC[NH+](CC)CCCN(C(=O)c1ccc(Cl)cc1)N(C)c1ccccc1. The molecule has 0 radical (unpaired) electrons. The van der Waals surface area contributed by atoms with Crippen LogP contribution < -0.4 is 9.91 Å². The van der Waals surface area contributed by atoms with Crippen LogP contribution in [0, 0.1) is 0 Å². The molecule has 0 unspecified atom stereocenters. The molecule has 0 spiro atoms. The number of nitrogens with one attached hydrogen (secondary N) is 1. The van der Waals surface area contributed by atoms with Crippen LogP contribution in [0.5, 0.6) is 0 Å². The molecule has 0 aliphatic rings. The van der Waals surface area contributed by atoms with E-state index in [1.807, 2.05) is 47.4 Å². The van der Waals surface area contributed by atoms with E-state index in [0.29, 0.717) is 17.1 Å². The van der Waals surface area contributed by atoms with Gasteiger partial charge in [-0.05, 0) is 50.2 Å². The van der Waals surface area contributed by atoms with Gasteiger partial charge in [0, 0.05) is 30.6 Å². The smallest absolute Gasteiger partial charge is 0.272 e.